The number of hydrogen-bond donors (Lipinski definition) is 1. The Bertz CT molecular complexity index is 585. The van der Waals surface area contributed by atoms with Crippen molar-refractivity contribution in [2.75, 3.05) is 11.6 Å². The topological polar surface area (TPSA) is 29.9 Å². The highest BCUT2D eigenvalue weighted by molar-refractivity contribution is 7.98. The lowest BCUT2D eigenvalue weighted by Crippen LogP contribution is -2.17. The molecule has 1 saturated carbocycles. The number of anilines is 1. The summed E-state index contributed by atoms with van der Waals surface area (Å²) in [7, 11) is 0. The van der Waals surface area contributed by atoms with E-state index in [1.54, 1.807) is 11.8 Å². The van der Waals surface area contributed by atoms with Crippen LogP contribution in [0.1, 0.15) is 31.4 Å². The number of imidazole rings is 1. The van der Waals surface area contributed by atoms with Gasteiger partial charge in [-0.2, -0.15) is 0 Å². The highest BCUT2D eigenvalue weighted by atomic mass is 32.2. The second-order valence-corrected chi connectivity index (χ2v) is 6.28. The Kier molecular flexibility index (Phi) is 4.01. The number of nitrogens with one attached hydrogen (secondary N) is 1. The van der Waals surface area contributed by atoms with E-state index >= 15 is 0 Å². The minimum Gasteiger partial charge on any atom is -0.353 e. The Balaban J connectivity index is 1.91. The second kappa shape index (κ2) is 5.92. The maximum absolute atomic E-state index is 4.65. The molecule has 1 fully saturated rings. The first-order valence-electron chi connectivity index (χ1n) is 7.23. The van der Waals surface area contributed by atoms with Crippen molar-refractivity contribution in [3.63, 3.8) is 0 Å². The quantitative estimate of drug-likeness (QED) is 0.852. The van der Waals surface area contributed by atoms with E-state index in [-0.39, 0.29) is 0 Å². The lowest BCUT2D eigenvalue weighted by molar-refractivity contribution is 0.740. The molecule has 20 heavy (non-hydrogen) atoms. The molecule has 2 aromatic rings. The summed E-state index contributed by atoms with van der Waals surface area (Å²) >= 11 is 1.77. The van der Waals surface area contributed by atoms with Crippen molar-refractivity contribution >= 4 is 17.7 Å². The molecule has 4 heteroatoms. The van der Waals surface area contributed by atoms with Gasteiger partial charge in [0, 0.05) is 22.8 Å². The smallest absolute Gasteiger partial charge is 0.207 e. The van der Waals surface area contributed by atoms with Crippen molar-refractivity contribution in [1.29, 1.82) is 0 Å². The van der Waals surface area contributed by atoms with Crippen LogP contribution in [0.2, 0.25) is 0 Å². The summed E-state index contributed by atoms with van der Waals surface area (Å²) in [6.07, 6.45) is 9.40. The first-order chi connectivity index (χ1) is 9.76. The predicted molar refractivity (Wildman–Crippen MR) is 86.0 cm³/mol. The van der Waals surface area contributed by atoms with E-state index in [1.807, 2.05) is 0 Å². The van der Waals surface area contributed by atoms with Crippen LogP contribution in [0.4, 0.5) is 5.95 Å². The zero-order chi connectivity index (χ0) is 13.9. The van der Waals surface area contributed by atoms with Crippen LogP contribution in [0.5, 0.6) is 0 Å². The molecule has 3 rings (SSSR count). The van der Waals surface area contributed by atoms with Crippen LogP contribution < -0.4 is 5.32 Å². The largest absolute Gasteiger partial charge is 0.353 e. The number of nitrogens with zero attached hydrogens (tertiary/aromatic N) is 2. The van der Waals surface area contributed by atoms with Crippen molar-refractivity contribution < 1.29 is 0 Å². The van der Waals surface area contributed by atoms with Gasteiger partial charge in [0.05, 0.1) is 5.69 Å². The van der Waals surface area contributed by atoms with Crippen LogP contribution in [-0.4, -0.2) is 21.8 Å². The van der Waals surface area contributed by atoms with Gasteiger partial charge in [0.1, 0.15) is 0 Å². The van der Waals surface area contributed by atoms with Gasteiger partial charge in [0.25, 0.3) is 0 Å². The molecule has 1 aromatic heterocycles. The van der Waals surface area contributed by atoms with Crippen LogP contribution in [0, 0.1) is 6.92 Å². The SMILES string of the molecule is CSc1cccc(-n2cc(C)nc2NC2CCCC2)c1. The monoisotopic (exact) mass is 287 g/mol. The molecule has 1 aliphatic rings. The maximum atomic E-state index is 4.65. The molecule has 1 aliphatic carbocycles. The average molecular weight is 287 g/mol. The van der Waals surface area contributed by atoms with Crippen LogP contribution in [0.25, 0.3) is 5.69 Å². The minimum atomic E-state index is 0.583. The van der Waals surface area contributed by atoms with E-state index in [1.165, 1.54) is 36.3 Å². The van der Waals surface area contributed by atoms with E-state index in [0.29, 0.717) is 6.04 Å². The van der Waals surface area contributed by atoms with Crippen LogP contribution >= 0.6 is 11.8 Å². The summed E-state index contributed by atoms with van der Waals surface area (Å²) in [5, 5.41) is 3.61. The molecule has 106 valence electrons. The molecular formula is C16H21N3S. The number of aryl methyl sites for hydroxylation is 1. The van der Waals surface area contributed by atoms with Crippen LogP contribution in [-0.2, 0) is 0 Å². The third kappa shape index (κ3) is 2.85. The van der Waals surface area contributed by atoms with Crippen LogP contribution in [0.15, 0.2) is 35.4 Å². The maximum Gasteiger partial charge on any atom is 0.207 e. The van der Waals surface area contributed by atoms with E-state index < -0.39 is 0 Å². The van der Waals surface area contributed by atoms with E-state index in [0.717, 1.165) is 11.6 Å². The molecule has 0 unspecified atom stereocenters. The number of hydrogen-bond acceptors (Lipinski definition) is 3. The third-order valence-corrected chi connectivity index (χ3v) is 4.57. The third-order valence-electron chi connectivity index (χ3n) is 3.85. The number of benzene rings is 1. The van der Waals surface area contributed by atoms with Gasteiger partial charge in [0.15, 0.2) is 0 Å². The van der Waals surface area contributed by atoms with Gasteiger partial charge in [0.2, 0.25) is 5.95 Å². The zero-order valence-electron chi connectivity index (χ0n) is 12.1. The second-order valence-electron chi connectivity index (χ2n) is 5.40. The molecule has 1 heterocycles. The molecule has 3 nitrogen and oxygen atoms in total. The molecule has 0 amide bonds. The minimum absolute atomic E-state index is 0.583. The van der Waals surface area contributed by atoms with E-state index in [4.69, 9.17) is 0 Å². The van der Waals surface area contributed by atoms with Gasteiger partial charge >= 0.3 is 0 Å². The first kappa shape index (κ1) is 13.6. The van der Waals surface area contributed by atoms with E-state index in [2.05, 4.69) is 58.5 Å². The molecule has 0 saturated heterocycles. The molecule has 1 aromatic carbocycles. The Labute approximate surface area is 124 Å². The van der Waals surface area contributed by atoms with Gasteiger partial charge in [-0.05, 0) is 44.2 Å². The van der Waals surface area contributed by atoms with Crippen molar-refractivity contribution in [1.82, 2.24) is 9.55 Å². The highest BCUT2D eigenvalue weighted by Crippen LogP contribution is 2.25. The fraction of sp³-hybridized carbons (Fsp3) is 0.438. The lowest BCUT2D eigenvalue weighted by atomic mass is 10.2. The Morgan fingerprint density at radius 3 is 2.85 bits per heavy atom. The summed E-state index contributed by atoms with van der Waals surface area (Å²) in [4.78, 5) is 5.93. The Hall–Kier alpha value is -1.42. The van der Waals surface area contributed by atoms with Crippen molar-refractivity contribution in [3.8, 4) is 5.69 Å². The molecule has 0 aliphatic heterocycles. The zero-order valence-corrected chi connectivity index (χ0v) is 12.9. The standard InChI is InChI=1S/C16H21N3S/c1-12-11-19(14-8-5-9-15(10-14)20-2)16(17-12)18-13-6-3-4-7-13/h5,8-11,13H,3-4,6-7H2,1-2H3,(H,17,18). The van der Waals surface area contributed by atoms with Crippen molar-refractivity contribution in [3.05, 3.63) is 36.2 Å². The Morgan fingerprint density at radius 2 is 2.10 bits per heavy atom. The molecule has 0 atom stereocenters. The van der Waals surface area contributed by atoms with Gasteiger partial charge in [-0.3, -0.25) is 4.57 Å². The fourth-order valence-electron chi connectivity index (χ4n) is 2.81. The molecular weight excluding hydrogens is 266 g/mol. The fourth-order valence-corrected chi connectivity index (χ4v) is 3.26. The summed E-state index contributed by atoms with van der Waals surface area (Å²) in [6.45, 7) is 2.05. The van der Waals surface area contributed by atoms with Gasteiger partial charge < -0.3 is 5.32 Å². The molecule has 1 N–H and O–H groups in total. The van der Waals surface area contributed by atoms with Crippen LogP contribution in [0.3, 0.4) is 0 Å². The molecule has 0 radical (unpaired) electrons. The number of thioether (sulfide) groups is 1. The van der Waals surface area contributed by atoms with Crippen molar-refractivity contribution in [2.45, 2.75) is 43.5 Å². The molecule has 0 bridgehead atoms. The summed E-state index contributed by atoms with van der Waals surface area (Å²) in [6, 6.07) is 9.18. The Morgan fingerprint density at radius 1 is 1.30 bits per heavy atom. The normalized spacial score (nSPS) is 15.7. The number of aromatic nitrogens is 2. The van der Waals surface area contributed by atoms with Gasteiger partial charge in [-0.15, -0.1) is 11.8 Å². The predicted octanol–water partition coefficient (Wildman–Crippen LogP) is 4.26. The molecule has 0 spiro atoms. The average Bonchev–Trinajstić information content (AvgIpc) is 3.09. The number of rotatable bonds is 4. The lowest BCUT2D eigenvalue weighted by Gasteiger charge is -2.15. The van der Waals surface area contributed by atoms with E-state index in [9.17, 15) is 0 Å². The van der Waals surface area contributed by atoms with Gasteiger partial charge in [-0.25, -0.2) is 4.98 Å². The summed E-state index contributed by atoms with van der Waals surface area (Å²) in [5.41, 5.74) is 2.23. The highest BCUT2D eigenvalue weighted by Gasteiger charge is 2.17. The van der Waals surface area contributed by atoms with Gasteiger partial charge in [-0.1, -0.05) is 18.9 Å². The van der Waals surface area contributed by atoms with Crippen molar-refractivity contribution in [2.24, 2.45) is 0 Å². The summed E-state index contributed by atoms with van der Waals surface area (Å²) < 4.78 is 2.17. The first-order valence-corrected chi connectivity index (χ1v) is 8.45. The summed E-state index contributed by atoms with van der Waals surface area (Å²) in [5.74, 6) is 0.979.